The van der Waals surface area contributed by atoms with Gasteiger partial charge in [0.05, 0.1) is 6.26 Å². The first-order chi connectivity index (χ1) is 5.58. The molecule has 6 heteroatoms. The second-order valence-corrected chi connectivity index (χ2v) is 4.42. The highest BCUT2D eigenvalue weighted by Gasteiger charge is 2.05. The molecule has 0 saturated carbocycles. The molecular formula is C6H13N3O2S. The molecule has 0 bridgehead atoms. The van der Waals surface area contributed by atoms with E-state index in [1.54, 1.807) is 0 Å². The third-order valence-corrected chi connectivity index (χ3v) is 2.03. The monoisotopic (exact) mass is 191 g/mol. The van der Waals surface area contributed by atoms with Crippen molar-refractivity contribution in [3.63, 3.8) is 0 Å². The average molecular weight is 191 g/mol. The van der Waals surface area contributed by atoms with E-state index in [9.17, 15) is 8.42 Å². The van der Waals surface area contributed by atoms with Crippen LogP contribution in [0, 0.1) is 0 Å². The van der Waals surface area contributed by atoms with Crippen LogP contribution < -0.4 is 5.32 Å². The van der Waals surface area contributed by atoms with Gasteiger partial charge >= 0.3 is 0 Å². The second kappa shape index (κ2) is 3.86. The standard InChI is InChI=1S/C6H13N3O2S/c1-12(10,11)8-6-9-4-2-7-3-5-9/h6-7H,2-5H2,1H3/b8-6+. The van der Waals surface area contributed by atoms with Gasteiger partial charge in [-0.25, -0.2) is 8.42 Å². The molecule has 1 saturated heterocycles. The molecule has 0 atom stereocenters. The molecule has 12 heavy (non-hydrogen) atoms. The van der Waals surface area contributed by atoms with Crippen molar-refractivity contribution in [2.24, 2.45) is 4.40 Å². The first-order valence-electron chi connectivity index (χ1n) is 3.78. The molecule has 0 aromatic rings. The highest BCUT2D eigenvalue weighted by atomic mass is 32.2. The fourth-order valence-corrected chi connectivity index (χ4v) is 1.25. The fraction of sp³-hybridized carbons (Fsp3) is 0.833. The van der Waals surface area contributed by atoms with Crippen LogP contribution in [0.3, 0.4) is 0 Å². The average Bonchev–Trinajstić information content (AvgIpc) is 2.02. The molecule has 0 radical (unpaired) electrons. The van der Waals surface area contributed by atoms with E-state index in [2.05, 4.69) is 9.71 Å². The zero-order valence-electron chi connectivity index (χ0n) is 7.02. The molecule has 0 spiro atoms. The Bertz CT molecular complexity index is 254. The molecule has 0 amide bonds. The number of piperazine rings is 1. The molecule has 0 aromatic carbocycles. The molecule has 1 heterocycles. The molecule has 70 valence electrons. The van der Waals surface area contributed by atoms with Gasteiger partial charge in [-0.15, -0.1) is 0 Å². The zero-order chi connectivity index (χ0) is 9.03. The van der Waals surface area contributed by atoms with Gasteiger partial charge < -0.3 is 10.2 Å². The number of nitrogens with zero attached hydrogens (tertiary/aromatic N) is 2. The predicted octanol–water partition coefficient (Wildman–Crippen LogP) is -1.12. The van der Waals surface area contributed by atoms with Gasteiger partial charge in [0.25, 0.3) is 10.0 Å². The van der Waals surface area contributed by atoms with Crippen LogP contribution in [0.2, 0.25) is 0 Å². The molecule has 1 fully saturated rings. The molecule has 1 aliphatic rings. The van der Waals surface area contributed by atoms with Crippen LogP contribution in [-0.4, -0.2) is 52.1 Å². The minimum Gasteiger partial charge on any atom is -0.359 e. The number of hydrogen-bond acceptors (Lipinski definition) is 3. The molecule has 1 rings (SSSR count). The Morgan fingerprint density at radius 1 is 1.42 bits per heavy atom. The summed E-state index contributed by atoms with van der Waals surface area (Å²) in [5.41, 5.74) is 0. The van der Waals surface area contributed by atoms with E-state index in [-0.39, 0.29) is 0 Å². The summed E-state index contributed by atoms with van der Waals surface area (Å²) in [5, 5.41) is 3.16. The molecule has 0 aliphatic carbocycles. The summed E-state index contributed by atoms with van der Waals surface area (Å²) in [5.74, 6) is 0. The molecule has 1 aliphatic heterocycles. The number of rotatable bonds is 2. The van der Waals surface area contributed by atoms with Crippen LogP contribution in [0.1, 0.15) is 0 Å². The minimum atomic E-state index is -3.22. The second-order valence-electron chi connectivity index (χ2n) is 2.74. The Balaban J connectivity index is 2.44. The van der Waals surface area contributed by atoms with Crippen LogP contribution in [0.4, 0.5) is 0 Å². The van der Waals surface area contributed by atoms with E-state index in [1.165, 1.54) is 6.34 Å². The molecule has 1 N–H and O–H groups in total. The third-order valence-electron chi connectivity index (χ3n) is 1.55. The Hall–Kier alpha value is -0.620. The topological polar surface area (TPSA) is 61.8 Å². The van der Waals surface area contributed by atoms with Crippen LogP contribution in [-0.2, 0) is 10.0 Å². The van der Waals surface area contributed by atoms with Crippen LogP contribution in [0.15, 0.2) is 4.40 Å². The van der Waals surface area contributed by atoms with Crippen molar-refractivity contribution in [2.75, 3.05) is 32.4 Å². The first kappa shape index (κ1) is 9.47. The summed E-state index contributed by atoms with van der Waals surface area (Å²) in [7, 11) is -3.22. The van der Waals surface area contributed by atoms with Crippen molar-refractivity contribution in [1.29, 1.82) is 0 Å². The Kier molecular flexibility index (Phi) is 3.05. The number of hydrogen-bond donors (Lipinski definition) is 1. The Morgan fingerprint density at radius 2 is 2.00 bits per heavy atom. The quantitative estimate of drug-likeness (QED) is 0.443. The van der Waals surface area contributed by atoms with E-state index in [4.69, 9.17) is 0 Å². The van der Waals surface area contributed by atoms with Crippen LogP contribution in [0.5, 0.6) is 0 Å². The van der Waals surface area contributed by atoms with Crippen molar-refractivity contribution < 1.29 is 8.42 Å². The maximum Gasteiger partial charge on any atom is 0.251 e. The number of nitrogens with one attached hydrogen (secondary N) is 1. The Labute approximate surface area is 72.5 Å². The minimum absolute atomic E-state index is 0.818. The van der Waals surface area contributed by atoms with Crippen LogP contribution in [0.25, 0.3) is 0 Å². The summed E-state index contributed by atoms with van der Waals surface area (Å²) >= 11 is 0. The lowest BCUT2D eigenvalue weighted by molar-refractivity contribution is 0.366. The van der Waals surface area contributed by atoms with Gasteiger partial charge in [-0.1, -0.05) is 0 Å². The molecule has 0 aromatic heterocycles. The maximum absolute atomic E-state index is 10.6. The smallest absolute Gasteiger partial charge is 0.251 e. The van der Waals surface area contributed by atoms with E-state index in [1.807, 2.05) is 4.90 Å². The molecule has 5 nitrogen and oxygen atoms in total. The third kappa shape index (κ3) is 3.68. The summed E-state index contributed by atoms with van der Waals surface area (Å²) in [6, 6.07) is 0. The predicted molar refractivity (Wildman–Crippen MR) is 47.8 cm³/mol. The van der Waals surface area contributed by atoms with Crippen molar-refractivity contribution in [3.8, 4) is 0 Å². The SMILES string of the molecule is CS(=O)(=O)/N=C/N1CCNCC1. The lowest BCUT2D eigenvalue weighted by Crippen LogP contribution is -2.42. The van der Waals surface area contributed by atoms with Crippen LogP contribution >= 0.6 is 0 Å². The maximum atomic E-state index is 10.6. The van der Waals surface area contributed by atoms with E-state index in [0.717, 1.165) is 32.4 Å². The van der Waals surface area contributed by atoms with E-state index >= 15 is 0 Å². The van der Waals surface area contributed by atoms with Gasteiger partial charge in [-0.2, -0.15) is 4.40 Å². The molecule has 0 unspecified atom stereocenters. The first-order valence-corrected chi connectivity index (χ1v) is 5.63. The van der Waals surface area contributed by atoms with Crippen molar-refractivity contribution in [1.82, 2.24) is 10.2 Å². The summed E-state index contributed by atoms with van der Waals surface area (Å²) in [4.78, 5) is 1.89. The van der Waals surface area contributed by atoms with Gasteiger partial charge in [-0.05, 0) is 0 Å². The van der Waals surface area contributed by atoms with E-state index in [0.29, 0.717) is 0 Å². The van der Waals surface area contributed by atoms with Crippen molar-refractivity contribution in [2.45, 2.75) is 0 Å². The summed E-state index contributed by atoms with van der Waals surface area (Å²) in [6.45, 7) is 3.41. The van der Waals surface area contributed by atoms with Gasteiger partial charge in [0.1, 0.15) is 6.34 Å². The lowest BCUT2D eigenvalue weighted by Gasteiger charge is -2.24. The van der Waals surface area contributed by atoms with Crippen molar-refractivity contribution in [3.05, 3.63) is 0 Å². The highest BCUT2D eigenvalue weighted by molar-refractivity contribution is 7.89. The highest BCUT2D eigenvalue weighted by Crippen LogP contribution is 1.90. The Morgan fingerprint density at radius 3 is 2.50 bits per heavy atom. The van der Waals surface area contributed by atoms with Gasteiger partial charge in [0.15, 0.2) is 0 Å². The van der Waals surface area contributed by atoms with Crippen molar-refractivity contribution >= 4 is 16.4 Å². The van der Waals surface area contributed by atoms with Gasteiger partial charge in [-0.3, -0.25) is 0 Å². The molecular weight excluding hydrogens is 178 g/mol. The lowest BCUT2D eigenvalue weighted by atomic mass is 10.4. The van der Waals surface area contributed by atoms with E-state index < -0.39 is 10.0 Å². The largest absolute Gasteiger partial charge is 0.359 e. The normalized spacial score (nSPS) is 20.2. The zero-order valence-corrected chi connectivity index (χ0v) is 7.84. The number of sulfonamides is 1. The van der Waals surface area contributed by atoms with Gasteiger partial charge in [0.2, 0.25) is 0 Å². The summed E-state index contributed by atoms with van der Waals surface area (Å²) in [6.07, 6.45) is 2.49. The summed E-state index contributed by atoms with van der Waals surface area (Å²) < 4.78 is 24.7. The fourth-order valence-electron chi connectivity index (χ4n) is 0.950. The van der Waals surface area contributed by atoms with Gasteiger partial charge in [0, 0.05) is 26.2 Å².